The number of carbonyl (C=O) groups is 4. The fourth-order valence-electron chi connectivity index (χ4n) is 5.64. The molecule has 0 saturated carbocycles. The number of rotatable bonds is 10. The lowest BCUT2D eigenvalue weighted by atomic mass is 10.00. The van der Waals surface area contributed by atoms with Crippen LogP contribution in [0.5, 0.6) is 0 Å². The van der Waals surface area contributed by atoms with Crippen molar-refractivity contribution in [2.45, 2.75) is 50.3 Å². The highest BCUT2D eigenvalue weighted by molar-refractivity contribution is 8.00. The Hall–Kier alpha value is -5.01. The Morgan fingerprint density at radius 2 is 1.54 bits per heavy atom. The van der Waals surface area contributed by atoms with E-state index in [1.54, 1.807) is 45.0 Å². The number of thioether (sulfide) groups is 1. The maximum absolute atomic E-state index is 14.3. The number of benzene rings is 3. The lowest BCUT2D eigenvalue weighted by Gasteiger charge is -2.49. The second-order valence-corrected chi connectivity index (χ2v) is 15.1. The number of fused-ring (bicyclic) bond motifs is 1. The number of amides is 2. The van der Waals surface area contributed by atoms with Crippen LogP contribution < -0.4 is 10.2 Å². The molecule has 0 bridgehead atoms. The van der Waals surface area contributed by atoms with Crippen molar-refractivity contribution >= 4 is 57.6 Å². The molecule has 13 heteroatoms. The number of esters is 2. The molecular weight excluding hydrogens is 675 g/mol. The average molecular weight is 712 g/mol. The van der Waals surface area contributed by atoms with Crippen molar-refractivity contribution < 1.29 is 28.7 Å². The Labute approximate surface area is 298 Å². The van der Waals surface area contributed by atoms with Crippen LogP contribution in [-0.2, 0) is 30.3 Å². The number of anilines is 1. The molecule has 3 aromatic carbocycles. The summed E-state index contributed by atoms with van der Waals surface area (Å²) in [6, 6.07) is 24.7. The molecule has 2 atom stereocenters. The highest BCUT2D eigenvalue weighted by Gasteiger charge is 2.55. The normalized spacial score (nSPS) is 17.2. The zero-order valence-electron chi connectivity index (χ0n) is 28.3. The molecule has 2 aliphatic rings. The number of carbonyl (C=O) groups excluding carboxylic acids is 4. The van der Waals surface area contributed by atoms with E-state index in [-0.39, 0.29) is 17.7 Å². The van der Waals surface area contributed by atoms with Crippen LogP contribution >= 0.6 is 23.1 Å². The first-order valence-corrected chi connectivity index (χ1v) is 17.9. The van der Waals surface area contributed by atoms with Gasteiger partial charge < -0.3 is 19.7 Å². The van der Waals surface area contributed by atoms with Crippen LogP contribution in [0, 0.1) is 0 Å². The summed E-state index contributed by atoms with van der Waals surface area (Å²) in [5, 5.41) is 12.0. The molecule has 2 amide bonds. The van der Waals surface area contributed by atoms with Gasteiger partial charge in [-0.1, -0.05) is 90.2 Å². The Morgan fingerprint density at radius 3 is 2.14 bits per heavy atom. The first kappa shape index (κ1) is 34.8. The third-order valence-corrected chi connectivity index (χ3v) is 10.4. The van der Waals surface area contributed by atoms with Crippen molar-refractivity contribution in [2.24, 2.45) is 0 Å². The van der Waals surface area contributed by atoms with Crippen LogP contribution in [0.15, 0.2) is 90.6 Å². The zero-order chi connectivity index (χ0) is 35.6. The Kier molecular flexibility index (Phi) is 10.1. The zero-order valence-corrected chi connectivity index (χ0v) is 29.9. The van der Waals surface area contributed by atoms with E-state index < -0.39 is 46.9 Å². The maximum Gasteiger partial charge on any atom is 0.356 e. The summed E-state index contributed by atoms with van der Waals surface area (Å²) in [5.41, 5.74) is 2.21. The molecule has 258 valence electrons. The van der Waals surface area contributed by atoms with Gasteiger partial charge in [-0.25, -0.2) is 9.59 Å². The number of hydrogen-bond donors (Lipinski definition) is 1. The number of hydrogen-bond acceptors (Lipinski definition) is 11. The van der Waals surface area contributed by atoms with Crippen molar-refractivity contribution in [2.75, 3.05) is 24.7 Å². The van der Waals surface area contributed by atoms with Crippen LogP contribution in [0.3, 0.4) is 0 Å². The minimum absolute atomic E-state index is 0.0813. The molecule has 2 aliphatic heterocycles. The van der Waals surface area contributed by atoms with E-state index in [0.717, 1.165) is 11.1 Å². The van der Waals surface area contributed by atoms with Gasteiger partial charge in [0.05, 0.1) is 12.0 Å². The van der Waals surface area contributed by atoms with Crippen molar-refractivity contribution in [3.8, 4) is 0 Å². The predicted octanol–water partition coefficient (Wildman–Crippen LogP) is 5.25. The van der Waals surface area contributed by atoms with E-state index in [1.807, 2.05) is 79.7 Å². The van der Waals surface area contributed by atoms with E-state index in [4.69, 9.17) is 9.47 Å². The summed E-state index contributed by atoms with van der Waals surface area (Å²) in [6.45, 7) is 5.32. The van der Waals surface area contributed by atoms with Gasteiger partial charge in [0, 0.05) is 25.4 Å². The van der Waals surface area contributed by atoms with Crippen molar-refractivity contribution in [3.05, 3.63) is 118 Å². The lowest BCUT2D eigenvalue weighted by Crippen LogP contribution is -2.70. The molecule has 1 unspecified atom stereocenters. The number of nitrogens with one attached hydrogen (secondary N) is 1. The van der Waals surface area contributed by atoms with Crippen LogP contribution in [0.25, 0.3) is 5.57 Å². The van der Waals surface area contributed by atoms with E-state index in [9.17, 15) is 19.2 Å². The second kappa shape index (κ2) is 14.5. The number of nitrogens with zero attached hydrogens (tertiary/aromatic N) is 4. The molecule has 1 saturated heterocycles. The molecule has 0 radical (unpaired) electrons. The Morgan fingerprint density at radius 1 is 0.920 bits per heavy atom. The molecule has 4 aromatic rings. The van der Waals surface area contributed by atoms with Crippen LogP contribution in [0.4, 0.5) is 5.13 Å². The monoisotopic (exact) mass is 711 g/mol. The van der Waals surface area contributed by atoms with Gasteiger partial charge in [0.2, 0.25) is 11.0 Å². The first-order chi connectivity index (χ1) is 23.9. The minimum Gasteiger partial charge on any atom is -0.456 e. The molecule has 6 rings (SSSR count). The van der Waals surface area contributed by atoms with E-state index in [1.165, 1.54) is 28.0 Å². The Bertz CT molecular complexity index is 1900. The predicted molar refractivity (Wildman–Crippen MR) is 192 cm³/mol. The Balaban J connectivity index is 1.27. The fraction of sp³-hybridized carbons (Fsp3) is 0.297. The number of β-lactam (4-membered cyclic amide) rings is 1. The molecule has 50 heavy (non-hydrogen) atoms. The van der Waals surface area contributed by atoms with Gasteiger partial charge in [-0.05, 0) is 43.5 Å². The highest BCUT2D eigenvalue weighted by Crippen LogP contribution is 2.45. The van der Waals surface area contributed by atoms with Gasteiger partial charge in [-0.15, -0.1) is 22.0 Å². The van der Waals surface area contributed by atoms with Gasteiger partial charge >= 0.3 is 11.9 Å². The third-order valence-electron chi connectivity index (χ3n) is 7.95. The van der Waals surface area contributed by atoms with Gasteiger partial charge in [-0.2, -0.15) is 0 Å². The summed E-state index contributed by atoms with van der Waals surface area (Å²) in [4.78, 5) is 57.6. The van der Waals surface area contributed by atoms with E-state index in [0.29, 0.717) is 27.0 Å². The molecule has 1 aromatic heterocycles. The van der Waals surface area contributed by atoms with Crippen LogP contribution in [-0.4, -0.2) is 75.7 Å². The van der Waals surface area contributed by atoms with Crippen LogP contribution in [0.2, 0.25) is 0 Å². The third kappa shape index (κ3) is 7.43. The van der Waals surface area contributed by atoms with Crippen LogP contribution in [0.1, 0.15) is 58.9 Å². The molecule has 0 spiro atoms. The molecule has 1 N–H and O–H groups in total. The van der Waals surface area contributed by atoms with Crippen molar-refractivity contribution in [1.82, 2.24) is 20.4 Å². The number of aromatic nitrogens is 2. The summed E-state index contributed by atoms with van der Waals surface area (Å²) in [7, 11) is 3.70. The smallest absolute Gasteiger partial charge is 0.356 e. The molecular formula is C37H37N5O6S2. The van der Waals surface area contributed by atoms with Gasteiger partial charge in [0.25, 0.3) is 5.91 Å². The summed E-state index contributed by atoms with van der Waals surface area (Å²) >= 11 is 2.72. The summed E-state index contributed by atoms with van der Waals surface area (Å²) in [5.74, 6) is -1.78. The first-order valence-electron chi connectivity index (χ1n) is 16.0. The molecule has 11 nitrogen and oxygen atoms in total. The van der Waals surface area contributed by atoms with E-state index >= 15 is 0 Å². The van der Waals surface area contributed by atoms with E-state index in [2.05, 4.69) is 15.5 Å². The summed E-state index contributed by atoms with van der Waals surface area (Å²) < 4.78 is 11.8. The topological polar surface area (TPSA) is 131 Å². The van der Waals surface area contributed by atoms with Crippen molar-refractivity contribution in [3.63, 3.8) is 0 Å². The minimum atomic E-state index is -0.892. The maximum atomic E-state index is 14.3. The number of ether oxygens (including phenoxy) is 2. The SMILES string of the molecule is CN(C)c1nnc(C2=C(C(=O)OC(c3ccccc3)c3ccccc3)N3C(=O)C(NC(=O)Cc4ccccc4C(=O)OC(C)(C)C)[C@@H]3SC2)s1. The quantitative estimate of drug-likeness (QED) is 0.172. The van der Waals surface area contributed by atoms with Gasteiger partial charge in [-0.3, -0.25) is 14.5 Å². The largest absolute Gasteiger partial charge is 0.456 e. The standard InChI is InChI=1S/C37H37N5O6S2/c1-37(2,3)48-34(45)25-19-13-12-18-24(25)20-27(43)38-28-32(44)42-29(26(21-49-33(28)42)31-39-40-36(50-31)41(4)5)35(46)47-30(22-14-8-6-9-15-22)23-16-10-7-11-17-23/h6-19,28,30,33H,20-21H2,1-5H3,(H,38,43)/t28?,33-/m0/s1. The molecule has 1 fully saturated rings. The fourth-order valence-corrected chi connectivity index (χ4v) is 7.89. The van der Waals surface area contributed by atoms with Crippen molar-refractivity contribution in [1.29, 1.82) is 0 Å². The molecule has 0 aliphatic carbocycles. The second-order valence-electron chi connectivity index (χ2n) is 13.0. The van der Waals surface area contributed by atoms with Gasteiger partial charge in [0.1, 0.15) is 27.7 Å². The summed E-state index contributed by atoms with van der Waals surface area (Å²) in [6.07, 6.45) is -0.879. The molecule has 3 heterocycles. The van der Waals surface area contributed by atoms with Gasteiger partial charge in [0.15, 0.2) is 6.10 Å². The average Bonchev–Trinajstić information content (AvgIpc) is 3.60. The lowest BCUT2D eigenvalue weighted by molar-refractivity contribution is -0.154. The highest BCUT2D eigenvalue weighted by atomic mass is 32.2.